The van der Waals surface area contributed by atoms with Gasteiger partial charge >= 0.3 is 0 Å². The van der Waals surface area contributed by atoms with Crippen LogP contribution in [0.4, 0.5) is 0 Å². The standard InChI is InChI=1S/C11H21NO3/c1-11(2)8-12(4-6-15-11)9-7-14-5-3-10(9)13/h9-10,13H,3-8H2,1-2H3. The molecule has 0 aromatic rings. The molecule has 0 spiro atoms. The van der Waals surface area contributed by atoms with E-state index >= 15 is 0 Å². The predicted octanol–water partition coefficient (Wildman–Crippen LogP) is 0.247. The lowest BCUT2D eigenvalue weighted by Crippen LogP contribution is -2.58. The molecule has 0 saturated carbocycles. The normalized spacial score (nSPS) is 37.8. The molecule has 2 rings (SSSR count). The fourth-order valence-electron chi connectivity index (χ4n) is 2.40. The summed E-state index contributed by atoms with van der Waals surface area (Å²) in [7, 11) is 0. The molecule has 2 unspecified atom stereocenters. The summed E-state index contributed by atoms with van der Waals surface area (Å²) in [6.07, 6.45) is 0.510. The van der Waals surface area contributed by atoms with Gasteiger partial charge in [-0.1, -0.05) is 0 Å². The predicted molar refractivity (Wildman–Crippen MR) is 56.8 cm³/mol. The van der Waals surface area contributed by atoms with Crippen LogP contribution < -0.4 is 0 Å². The van der Waals surface area contributed by atoms with Crippen LogP contribution in [0.1, 0.15) is 20.3 Å². The minimum atomic E-state index is -0.243. The summed E-state index contributed by atoms with van der Waals surface area (Å²) in [5.41, 5.74) is -0.102. The molecule has 15 heavy (non-hydrogen) atoms. The molecule has 0 radical (unpaired) electrons. The molecule has 0 aromatic heterocycles. The first kappa shape index (κ1) is 11.3. The molecular weight excluding hydrogens is 194 g/mol. The van der Waals surface area contributed by atoms with Crippen molar-refractivity contribution in [2.24, 2.45) is 0 Å². The van der Waals surface area contributed by atoms with Gasteiger partial charge in [0.25, 0.3) is 0 Å². The van der Waals surface area contributed by atoms with Gasteiger partial charge in [-0.05, 0) is 20.3 Å². The average molecular weight is 215 g/mol. The van der Waals surface area contributed by atoms with Crippen LogP contribution in [0.15, 0.2) is 0 Å². The van der Waals surface area contributed by atoms with Crippen LogP contribution in [0.3, 0.4) is 0 Å². The van der Waals surface area contributed by atoms with Crippen molar-refractivity contribution in [2.75, 3.05) is 32.9 Å². The number of aliphatic hydroxyl groups excluding tert-OH is 1. The van der Waals surface area contributed by atoms with E-state index in [1.807, 2.05) is 0 Å². The van der Waals surface area contributed by atoms with Gasteiger partial charge in [0.15, 0.2) is 0 Å². The first-order valence-corrected chi connectivity index (χ1v) is 5.72. The maximum Gasteiger partial charge on any atom is 0.0753 e. The maximum atomic E-state index is 9.93. The number of hydrogen-bond donors (Lipinski definition) is 1. The molecule has 0 bridgehead atoms. The molecule has 2 fully saturated rings. The highest BCUT2D eigenvalue weighted by atomic mass is 16.5. The van der Waals surface area contributed by atoms with Crippen molar-refractivity contribution >= 4 is 0 Å². The van der Waals surface area contributed by atoms with E-state index in [1.165, 1.54) is 0 Å². The summed E-state index contributed by atoms with van der Waals surface area (Å²) < 4.78 is 11.1. The Labute approximate surface area is 91.2 Å². The van der Waals surface area contributed by atoms with E-state index in [2.05, 4.69) is 18.7 Å². The van der Waals surface area contributed by atoms with Gasteiger partial charge < -0.3 is 14.6 Å². The van der Waals surface area contributed by atoms with Gasteiger partial charge in [0.2, 0.25) is 0 Å². The first-order chi connectivity index (χ1) is 7.08. The molecule has 0 aromatic carbocycles. The maximum absolute atomic E-state index is 9.93. The lowest BCUT2D eigenvalue weighted by Gasteiger charge is -2.44. The van der Waals surface area contributed by atoms with Gasteiger partial charge in [0.05, 0.1) is 31.0 Å². The highest BCUT2D eigenvalue weighted by molar-refractivity contribution is 4.88. The second-order valence-corrected chi connectivity index (χ2v) is 5.08. The molecule has 0 amide bonds. The number of rotatable bonds is 1. The van der Waals surface area contributed by atoms with Crippen LogP contribution in [0.25, 0.3) is 0 Å². The third-order valence-corrected chi connectivity index (χ3v) is 3.21. The molecule has 2 aliphatic heterocycles. The van der Waals surface area contributed by atoms with Crippen molar-refractivity contribution in [1.82, 2.24) is 4.90 Å². The van der Waals surface area contributed by atoms with E-state index in [0.29, 0.717) is 13.2 Å². The summed E-state index contributed by atoms with van der Waals surface area (Å²) >= 11 is 0. The summed E-state index contributed by atoms with van der Waals surface area (Å²) in [6, 6.07) is 0.155. The Balaban J connectivity index is 1.96. The Kier molecular flexibility index (Phi) is 3.30. The fourth-order valence-corrected chi connectivity index (χ4v) is 2.40. The van der Waals surface area contributed by atoms with Crippen molar-refractivity contribution in [2.45, 2.75) is 38.0 Å². The Bertz CT molecular complexity index is 220. The smallest absolute Gasteiger partial charge is 0.0753 e. The van der Waals surface area contributed by atoms with Gasteiger partial charge in [-0.2, -0.15) is 0 Å². The average Bonchev–Trinajstić information content (AvgIpc) is 2.17. The van der Waals surface area contributed by atoms with Crippen LogP contribution in [0.5, 0.6) is 0 Å². The van der Waals surface area contributed by atoms with Crippen LogP contribution in [0.2, 0.25) is 0 Å². The zero-order chi connectivity index (χ0) is 10.9. The Morgan fingerprint density at radius 1 is 1.33 bits per heavy atom. The van der Waals surface area contributed by atoms with E-state index in [-0.39, 0.29) is 17.7 Å². The van der Waals surface area contributed by atoms with Crippen molar-refractivity contribution < 1.29 is 14.6 Å². The fraction of sp³-hybridized carbons (Fsp3) is 1.00. The van der Waals surface area contributed by atoms with Crippen molar-refractivity contribution in [1.29, 1.82) is 0 Å². The molecule has 88 valence electrons. The zero-order valence-corrected chi connectivity index (χ0v) is 9.61. The monoisotopic (exact) mass is 215 g/mol. The summed E-state index contributed by atoms with van der Waals surface area (Å²) in [6.45, 7) is 8.04. The lowest BCUT2D eigenvalue weighted by atomic mass is 10.0. The quantitative estimate of drug-likeness (QED) is 0.680. The van der Waals surface area contributed by atoms with Crippen LogP contribution in [-0.2, 0) is 9.47 Å². The van der Waals surface area contributed by atoms with Gasteiger partial charge in [0.1, 0.15) is 0 Å². The van der Waals surface area contributed by atoms with E-state index < -0.39 is 0 Å². The SMILES string of the molecule is CC1(C)CN(C2COCCC2O)CCO1. The summed E-state index contributed by atoms with van der Waals surface area (Å²) in [4.78, 5) is 2.30. The van der Waals surface area contributed by atoms with E-state index in [0.717, 1.165) is 26.1 Å². The van der Waals surface area contributed by atoms with Crippen LogP contribution in [0, 0.1) is 0 Å². The topological polar surface area (TPSA) is 41.9 Å². The van der Waals surface area contributed by atoms with Gasteiger partial charge in [-0.3, -0.25) is 4.90 Å². The molecule has 2 aliphatic rings. The Hall–Kier alpha value is -0.160. The zero-order valence-electron chi connectivity index (χ0n) is 9.61. The highest BCUT2D eigenvalue weighted by Gasteiger charge is 2.35. The first-order valence-electron chi connectivity index (χ1n) is 5.72. The highest BCUT2D eigenvalue weighted by Crippen LogP contribution is 2.22. The molecule has 2 heterocycles. The Morgan fingerprint density at radius 2 is 2.13 bits per heavy atom. The molecular formula is C11H21NO3. The summed E-state index contributed by atoms with van der Waals surface area (Å²) in [5.74, 6) is 0. The molecule has 4 nitrogen and oxygen atoms in total. The minimum absolute atomic E-state index is 0.102. The minimum Gasteiger partial charge on any atom is -0.391 e. The van der Waals surface area contributed by atoms with Gasteiger partial charge in [0, 0.05) is 19.7 Å². The molecule has 1 N–H and O–H groups in total. The second-order valence-electron chi connectivity index (χ2n) is 5.08. The molecule has 2 saturated heterocycles. The molecule has 2 atom stereocenters. The number of morpholine rings is 1. The number of nitrogens with zero attached hydrogens (tertiary/aromatic N) is 1. The van der Waals surface area contributed by atoms with Crippen molar-refractivity contribution in [3.63, 3.8) is 0 Å². The number of ether oxygens (including phenoxy) is 2. The number of hydrogen-bond acceptors (Lipinski definition) is 4. The number of aliphatic hydroxyl groups is 1. The van der Waals surface area contributed by atoms with Gasteiger partial charge in [-0.15, -0.1) is 0 Å². The third-order valence-electron chi connectivity index (χ3n) is 3.21. The van der Waals surface area contributed by atoms with Gasteiger partial charge in [-0.25, -0.2) is 0 Å². The van der Waals surface area contributed by atoms with E-state index in [9.17, 15) is 5.11 Å². The third kappa shape index (κ3) is 2.69. The summed E-state index contributed by atoms with van der Waals surface area (Å²) in [5, 5.41) is 9.93. The van der Waals surface area contributed by atoms with Crippen LogP contribution >= 0.6 is 0 Å². The molecule has 0 aliphatic carbocycles. The van der Waals surface area contributed by atoms with Crippen molar-refractivity contribution in [3.8, 4) is 0 Å². The lowest BCUT2D eigenvalue weighted by molar-refractivity contribution is -0.134. The van der Waals surface area contributed by atoms with E-state index in [4.69, 9.17) is 9.47 Å². The Morgan fingerprint density at radius 3 is 2.80 bits per heavy atom. The molecule has 4 heteroatoms. The largest absolute Gasteiger partial charge is 0.391 e. The van der Waals surface area contributed by atoms with Crippen LogP contribution in [-0.4, -0.2) is 60.7 Å². The second kappa shape index (κ2) is 4.37. The van der Waals surface area contributed by atoms with E-state index in [1.54, 1.807) is 0 Å². The van der Waals surface area contributed by atoms with Crippen molar-refractivity contribution in [3.05, 3.63) is 0 Å².